The number of benzene rings is 1. The predicted molar refractivity (Wildman–Crippen MR) is 106 cm³/mol. The Bertz CT molecular complexity index is 947. The molecule has 2 heterocycles. The van der Waals surface area contributed by atoms with Crippen molar-refractivity contribution < 1.29 is 8.42 Å². The van der Waals surface area contributed by atoms with E-state index >= 15 is 0 Å². The van der Waals surface area contributed by atoms with Gasteiger partial charge in [0.2, 0.25) is 10.0 Å². The van der Waals surface area contributed by atoms with Crippen LogP contribution in [0.2, 0.25) is 0 Å². The molecule has 0 amide bonds. The highest BCUT2D eigenvalue weighted by Crippen LogP contribution is 2.24. The standard InChI is InChI=1S/C18H22N4O2S2/c1-4-22(5-2)26(23,24)14-10-11-17(19-12-14)21(3)13-18-20-15-8-6-7-9-16(15)25-18/h6-12H,4-5,13H2,1-3H3. The third kappa shape index (κ3) is 3.72. The van der Waals surface area contributed by atoms with Gasteiger partial charge >= 0.3 is 0 Å². The molecule has 3 rings (SSSR count). The summed E-state index contributed by atoms with van der Waals surface area (Å²) in [6.45, 7) is 5.16. The monoisotopic (exact) mass is 390 g/mol. The van der Waals surface area contributed by atoms with Crippen molar-refractivity contribution >= 4 is 37.4 Å². The van der Waals surface area contributed by atoms with Crippen LogP contribution >= 0.6 is 11.3 Å². The predicted octanol–water partition coefficient (Wildman–Crippen LogP) is 3.36. The number of hydrogen-bond acceptors (Lipinski definition) is 6. The van der Waals surface area contributed by atoms with Gasteiger partial charge in [-0.05, 0) is 24.3 Å². The fourth-order valence-corrected chi connectivity index (χ4v) is 5.16. The summed E-state index contributed by atoms with van der Waals surface area (Å²) in [6.07, 6.45) is 1.43. The molecule has 0 radical (unpaired) electrons. The van der Waals surface area contributed by atoms with Crippen molar-refractivity contribution in [1.29, 1.82) is 0 Å². The fourth-order valence-electron chi connectivity index (χ4n) is 2.73. The van der Waals surface area contributed by atoms with Crippen molar-refractivity contribution in [2.24, 2.45) is 0 Å². The Balaban J connectivity index is 1.77. The van der Waals surface area contributed by atoms with Gasteiger partial charge in [0.1, 0.15) is 15.7 Å². The highest BCUT2D eigenvalue weighted by Gasteiger charge is 2.22. The van der Waals surface area contributed by atoms with Gasteiger partial charge in [0.15, 0.2) is 0 Å². The van der Waals surface area contributed by atoms with E-state index in [1.807, 2.05) is 44.0 Å². The molecule has 0 saturated heterocycles. The molecule has 3 aromatic rings. The van der Waals surface area contributed by atoms with Gasteiger partial charge in [0.25, 0.3) is 0 Å². The number of sulfonamides is 1. The lowest BCUT2D eigenvalue weighted by Crippen LogP contribution is -2.30. The van der Waals surface area contributed by atoms with E-state index in [1.54, 1.807) is 23.5 Å². The molecule has 0 spiro atoms. The summed E-state index contributed by atoms with van der Waals surface area (Å²) in [4.78, 5) is 11.2. The summed E-state index contributed by atoms with van der Waals surface area (Å²) < 4.78 is 27.6. The maximum absolute atomic E-state index is 12.5. The minimum Gasteiger partial charge on any atom is -0.353 e. The van der Waals surface area contributed by atoms with E-state index in [9.17, 15) is 8.42 Å². The molecule has 0 atom stereocenters. The molecule has 2 aromatic heterocycles. The molecule has 0 fully saturated rings. The van der Waals surface area contributed by atoms with Gasteiger partial charge in [0, 0.05) is 26.3 Å². The SMILES string of the molecule is CCN(CC)S(=O)(=O)c1ccc(N(C)Cc2nc3ccccc3s2)nc1. The number of nitrogens with zero attached hydrogens (tertiary/aromatic N) is 4. The Morgan fingerprint density at radius 1 is 1.08 bits per heavy atom. The van der Waals surface area contributed by atoms with Crippen LogP contribution in [-0.2, 0) is 16.6 Å². The first-order valence-corrected chi connectivity index (χ1v) is 10.7. The summed E-state index contributed by atoms with van der Waals surface area (Å²) in [5.74, 6) is 0.711. The van der Waals surface area contributed by atoms with Crippen molar-refractivity contribution in [3.8, 4) is 0 Å². The van der Waals surface area contributed by atoms with Gasteiger partial charge in [0.05, 0.1) is 16.8 Å². The molecule has 138 valence electrons. The number of aromatic nitrogens is 2. The Morgan fingerprint density at radius 3 is 2.42 bits per heavy atom. The van der Waals surface area contributed by atoms with Gasteiger partial charge in [-0.3, -0.25) is 0 Å². The van der Waals surface area contributed by atoms with Crippen molar-refractivity contribution in [2.75, 3.05) is 25.0 Å². The van der Waals surface area contributed by atoms with Gasteiger partial charge in [-0.25, -0.2) is 18.4 Å². The molecule has 1 aromatic carbocycles. The van der Waals surface area contributed by atoms with Crippen molar-refractivity contribution in [1.82, 2.24) is 14.3 Å². The minimum atomic E-state index is -3.48. The smallest absolute Gasteiger partial charge is 0.244 e. The van der Waals surface area contributed by atoms with Crippen LogP contribution in [-0.4, -0.2) is 42.8 Å². The lowest BCUT2D eigenvalue weighted by atomic mass is 10.3. The minimum absolute atomic E-state index is 0.221. The van der Waals surface area contributed by atoms with E-state index in [0.717, 1.165) is 15.2 Å². The van der Waals surface area contributed by atoms with Gasteiger partial charge < -0.3 is 4.90 Å². The third-order valence-electron chi connectivity index (χ3n) is 4.17. The molecule has 0 saturated carbocycles. The Hall–Kier alpha value is -2.03. The quantitative estimate of drug-likeness (QED) is 0.619. The number of fused-ring (bicyclic) bond motifs is 1. The van der Waals surface area contributed by atoms with Gasteiger partial charge in [-0.15, -0.1) is 11.3 Å². The van der Waals surface area contributed by atoms with E-state index in [0.29, 0.717) is 25.5 Å². The average Bonchev–Trinajstić information content (AvgIpc) is 3.04. The molecule has 0 unspecified atom stereocenters. The Morgan fingerprint density at radius 2 is 1.81 bits per heavy atom. The largest absolute Gasteiger partial charge is 0.353 e. The zero-order chi connectivity index (χ0) is 18.7. The van der Waals surface area contributed by atoms with E-state index in [-0.39, 0.29) is 4.90 Å². The summed E-state index contributed by atoms with van der Waals surface area (Å²) in [7, 11) is -1.55. The lowest BCUT2D eigenvalue weighted by Gasteiger charge is -2.20. The van der Waals surface area contributed by atoms with Crippen LogP contribution in [0.15, 0.2) is 47.5 Å². The normalized spacial score (nSPS) is 12.0. The van der Waals surface area contributed by atoms with Crippen LogP contribution in [0.25, 0.3) is 10.2 Å². The summed E-state index contributed by atoms with van der Waals surface area (Å²) in [5, 5.41) is 0.996. The van der Waals surface area contributed by atoms with Crippen LogP contribution in [0.4, 0.5) is 5.82 Å². The number of rotatable bonds is 7. The molecule has 0 aliphatic heterocycles. The number of thiazole rings is 1. The van der Waals surface area contributed by atoms with Crippen LogP contribution in [0, 0.1) is 0 Å². The van der Waals surface area contributed by atoms with Crippen molar-refractivity contribution in [3.05, 3.63) is 47.6 Å². The molecule has 6 nitrogen and oxygen atoms in total. The molecule has 0 aliphatic carbocycles. The maximum atomic E-state index is 12.5. The summed E-state index contributed by atoms with van der Waals surface area (Å²) >= 11 is 1.65. The number of hydrogen-bond donors (Lipinski definition) is 0. The van der Waals surface area contributed by atoms with Gasteiger partial charge in [-0.2, -0.15) is 4.31 Å². The lowest BCUT2D eigenvalue weighted by molar-refractivity contribution is 0.445. The molecular weight excluding hydrogens is 368 g/mol. The maximum Gasteiger partial charge on any atom is 0.244 e. The topological polar surface area (TPSA) is 66.4 Å². The first kappa shape index (κ1) is 18.8. The highest BCUT2D eigenvalue weighted by atomic mass is 32.2. The Kier molecular flexibility index (Phi) is 5.55. The number of anilines is 1. The van der Waals surface area contributed by atoms with Crippen molar-refractivity contribution in [3.63, 3.8) is 0 Å². The second-order valence-corrected chi connectivity index (χ2v) is 8.93. The zero-order valence-corrected chi connectivity index (χ0v) is 16.7. The van der Waals surface area contributed by atoms with Crippen LogP contribution in [0.3, 0.4) is 0 Å². The van der Waals surface area contributed by atoms with E-state index in [1.165, 1.54) is 10.5 Å². The van der Waals surface area contributed by atoms with E-state index in [4.69, 9.17) is 0 Å². The molecule has 0 aliphatic rings. The summed E-state index contributed by atoms with van der Waals surface area (Å²) in [5.41, 5.74) is 0.995. The van der Waals surface area contributed by atoms with Gasteiger partial charge in [-0.1, -0.05) is 26.0 Å². The first-order valence-electron chi connectivity index (χ1n) is 8.47. The second kappa shape index (κ2) is 7.69. The van der Waals surface area contributed by atoms with Crippen LogP contribution < -0.4 is 4.90 Å². The Labute approximate surface area is 158 Å². The molecule has 0 N–H and O–H groups in total. The molecule has 0 bridgehead atoms. The zero-order valence-electron chi connectivity index (χ0n) is 15.1. The average molecular weight is 391 g/mol. The van der Waals surface area contributed by atoms with Crippen molar-refractivity contribution in [2.45, 2.75) is 25.3 Å². The first-order chi connectivity index (χ1) is 12.5. The number of pyridine rings is 1. The molecule has 26 heavy (non-hydrogen) atoms. The van der Waals surface area contributed by atoms with Crippen LogP contribution in [0.5, 0.6) is 0 Å². The van der Waals surface area contributed by atoms with E-state index in [2.05, 4.69) is 16.0 Å². The third-order valence-corrected chi connectivity index (χ3v) is 7.22. The molecular formula is C18H22N4O2S2. The highest BCUT2D eigenvalue weighted by molar-refractivity contribution is 7.89. The second-order valence-electron chi connectivity index (χ2n) is 5.87. The van der Waals surface area contributed by atoms with E-state index < -0.39 is 10.0 Å². The summed E-state index contributed by atoms with van der Waals surface area (Å²) in [6, 6.07) is 11.4. The number of para-hydroxylation sites is 1. The molecule has 8 heteroatoms. The van der Waals surface area contributed by atoms with Crippen LogP contribution in [0.1, 0.15) is 18.9 Å². The fraction of sp³-hybridized carbons (Fsp3) is 0.333.